The first kappa shape index (κ1) is 17.5. The fourth-order valence-corrected chi connectivity index (χ4v) is 3.55. The number of halogens is 3. The van der Waals surface area contributed by atoms with E-state index in [4.69, 9.17) is 11.6 Å². The molecule has 0 amide bonds. The Kier molecular flexibility index (Phi) is 5.11. The number of aryl methyl sites for hydroxylation is 2. The average Bonchev–Trinajstić information content (AvgIpc) is 2.44. The predicted octanol–water partition coefficient (Wildman–Crippen LogP) is 4.36. The monoisotopic (exact) mass is 361 g/mol. The molecular weight excluding hydrogens is 348 g/mol. The van der Waals surface area contributed by atoms with Crippen LogP contribution in [0, 0.1) is 13.8 Å². The molecule has 0 bridgehead atoms. The molecule has 0 aliphatic heterocycles. The van der Waals surface area contributed by atoms with Gasteiger partial charge in [-0.05, 0) is 61.4 Å². The molecule has 4 nitrogen and oxygen atoms in total. The summed E-state index contributed by atoms with van der Waals surface area (Å²) >= 11 is 5.96. The van der Waals surface area contributed by atoms with E-state index in [0.29, 0.717) is 16.1 Å². The summed E-state index contributed by atoms with van der Waals surface area (Å²) in [5.74, 6) is -0.0542. The summed E-state index contributed by atoms with van der Waals surface area (Å²) in [7, 11) is -3.82. The smallest absolute Gasteiger partial charge is 0.387 e. The second kappa shape index (κ2) is 6.72. The molecule has 0 fully saturated rings. The van der Waals surface area contributed by atoms with Crippen molar-refractivity contribution in [3.05, 3.63) is 52.5 Å². The van der Waals surface area contributed by atoms with Crippen LogP contribution in [-0.4, -0.2) is 15.0 Å². The van der Waals surface area contributed by atoms with Crippen molar-refractivity contribution < 1.29 is 21.9 Å². The molecule has 124 valence electrons. The van der Waals surface area contributed by atoms with Crippen LogP contribution in [0.2, 0.25) is 5.02 Å². The maximum atomic E-state index is 12.4. The highest BCUT2D eigenvalue weighted by molar-refractivity contribution is 7.92. The molecule has 0 aliphatic rings. The lowest BCUT2D eigenvalue weighted by Gasteiger charge is -2.12. The van der Waals surface area contributed by atoms with Crippen molar-refractivity contribution in [2.45, 2.75) is 25.4 Å². The molecular formula is C15H14ClF2NO3S. The zero-order valence-corrected chi connectivity index (χ0v) is 13.9. The quantitative estimate of drug-likeness (QED) is 0.860. The molecule has 1 N–H and O–H groups in total. The fraction of sp³-hybridized carbons (Fsp3) is 0.200. The second-order valence-electron chi connectivity index (χ2n) is 4.88. The van der Waals surface area contributed by atoms with Gasteiger partial charge in [-0.3, -0.25) is 4.72 Å². The van der Waals surface area contributed by atoms with Crippen LogP contribution in [0.4, 0.5) is 14.5 Å². The molecule has 0 heterocycles. The molecule has 0 atom stereocenters. The average molecular weight is 362 g/mol. The van der Waals surface area contributed by atoms with E-state index in [9.17, 15) is 17.2 Å². The largest absolute Gasteiger partial charge is 0.435 e. The lowest BCUT2D eigenvalue weighted by Crippen LogP contribution is -2.14. The number of hydrogen-bond donors (Lipinski definition) is 1. The van der Waals surface area contributed by atoms with Crippen LogP contribution in [0.5, 0.6) is 5.75 Å². The molecule has 2 aromatic rings. The van der Waals surface area contributed by atoms with Gasteiger partial charge in [0.15, 0.2) is 0 Å². The Morgan fingerprint density at radius 2 is 1.70 bits per heavy atom. The van der Waals surface area contributed by atoms with Gasteiger partial charge in [-0.2, -0.15) is 8.78 Å². The van der Waals surface area contributed by atoms with Gasteiger partial charge in [-0.15, -0.1) is 0 Å². The minimum absolute atomic E-state index is 0.0542. The normalized spacial score (nSPS) is 11.6. The Hall–Kier alpha value is -1.86. The topological polar surface area (TPSA) is 55.4 Å². The van der Waals surface area contributed by atoms with Crippen LogP contribution in [0.25, 0.3) is 0 Å². The van der Waals surface area contributed by atoms with Crippen molar-refractivity contribution >= 4 is 27.3 Å². The summed E-state index contributed by atoms with van der Waals surface area (Å²) < 4.78 is 55.6. The number of sulfonamides is 1. The van der Waals surface area contributed by atoms with Gasteiger partial charge >= 0.3 is 6.61 Å². The Balaban J connectivity index is 2.26. The Morgan fingerprint density at radius 3 is 2.26 bits per heavy atom. The predicted molar refractivity (Wildman–Crippen MR) is 84.8 cm³/mol. The van der Waals surface area contributed by atoms with E-state index in [-0.39, 0.29) is 16.3 Å². The molecule has 23 heavy (non-hydrogen) atoms. The summed E-state index contributed by atoms with van der Waals surface area (Å²) in [6, 6.07) is 8.24. The van der Waals surface area contributed by atoms with Crippen molar-refractivity contribution in [2.24, 2.45) is 0 Å². The van der Waals surface area contributed by atoms with Gasteiger partial charge in [-0.25, -0.2) is 8.42 Å². The van der Waals surface area contributed by atoms with Gasteiger partial charge in [-0.1, -0.05) is 11.6 Å². The summed E-state index contributed by atoms with van der Waals surface area (Å²) in [4.78, 5) is 0.104. The lowest BCUT2D eigenvalue weighted by atomic mass is 10.2. The summed E-state index contributed by atoms with van der Waals surface area (Å²) in [6.45, 7) is 0.411. The number of hydrogen-bond acceptors (Lipinski definition) is 3. The molecule has 0 aliphatic carbocycles. The van der Waals surface area contributed by atoms with Crippen molar-refractivity contribution in [1.82, 2.24) is 0 Å². The molecule has 0 aromatic heterocycles. The van der Waals surface area contributed by atoms with Gasteiger partial charge in [0.2, 0.25) is 0 Å². The molecule has 0 radical (unpaired) electrons. The maximum absolute atomic E-state index is 12.4. The first-order valence-electron chi connectivity index (χ1n) is 6.53. The third kappa shape index (κ3) is 4.33. The third-order valence-corrected chi connectivity index (χ3v) is 5.01. The van der Waals surface area contributed by atoms with Crippen LogP contribution < -0.4 is 9.46 Å². The lowest BCUT2D eigenvalue weighted by molar-refractivity contribution is -0.0498. The molecule has 0 saturated carbocycles. The molecule has 8 heteroatoms. The standard InChI is InChI=1S/C15H14ClF2NO3S/c1-9-8-14(10(2)7-13(9)16)23(20,21)19-11-3-5-12(6-4-11)22-15(17)18/h3-8,15,19H,1-2H3. The first-order valence-corrected chi connectivity index (χ1v) is 8.39. The second-order valence-corrected chi connectivity index (χ2v) is 6.93. The fourth-order valence-electron chi connectivity index (χ4n) is 1.96. The summed E-state index contributed by atoms with van der Waals surface area (Å²) in [5, 5.41) is 0.481. The summed E-state index contributed by atoms with van der Waals surface area (Å²) in [6.07, 6.45) is 0. The highest BCUT2D eigenvalue weighted by atomic mass is 35.5. The number of rotatable bonds is 5. The molecule has 2 rings (SSSR count). The van der Waals surface area contributed by atoms with E-state index in [1.54, 1.807) is 19.9 Å². The van der Waals surface area contributed by atoms with Crippen molar-refractivity contribution in [3.63, 3.8) is 0 Å². The zero-order chi connectivity index (χ0) is 17.2. The van der Waals surface area contributed by atoms with Gasteiger partial charge < -0.3 is 4.74 Å². The van der Waals surface area contributed by atoms with E-state index in [1.807, 2.05) is 0 Å². The highest BCUT2D eigenvalue weighted by Crippen LogP contribution is 2.26. The van der Waals surface area contributed by atoms with Crippen LogP contribution in [0.15, 0.2) is 41.3 Å². The van der Waals surface area contributed by atoms with Crippen molar-refractivity contribution in [3.8, 4) is 5.75 Å². The minimum Gasteiger partial charge on any atom is -0.435 e. The zero-order valence-electron chi connectivity index (χ0n) is 12.3. The summed E-state index contributed by atoms with van der Waals surface area (Å²) in [5.41, 5.74) is 1.38. The van der Waals surface area contributed by atoms with Gasteiger partial charge in [0.1, 0.15) is 5.75 Å². The van der Waals surface area contributed by atoms with Crippen molar-refractivity contribution in [2.75, 3.05) is 4.72 Å². The van der Waals surface area contributed by atoms with Gasteiger partial charge in [0, 0.05) is 10.7 Å². The van der Waals surface area contributed by atoms with E-state index >= 15 is 0 Å². The van der Waals surface area contributed by atoms with Crippen LogP contribution >= 0.6 is 11.6 Å². The van der Waals surface area contributed by atoms with Crippen LogP contribution in [-0.2, 0) is 10.0 Å². The van der Waals surface area contributed by atoms with Crippen LogP contribution in [0.1, 0.15) is 11.1 Å². The number of nitrogens with one attached hydrogen (secondary N) is 1. The van der Waals surface area contributed by atoms with E-state index in [2.05, 4.69) is 9.46 Å². The maximum Gasteiger partial charge on any atom is 0.387 e. The van der Waals surface area contributed by atoms with E-state index in [1.165, 1.54) is 30.3 Å². The van der Waals surface area contributed by atoms with E-state index < -0.39 is 16.6 Å². The Morgan fingerprint density at radius 1 is 1.09 bits per heavy atom. The minimum atomic E-state index is -3.82. The SMILES string of the molecule is Cc1cc(S(=O)(=O)Nc2ccc(OC(F)F)cc2)c(C)cc1Cl. The Labute approximate surface area is 138 Å². The molecule has 0 unspecified atom stereocenters. The van der Waals surface area contributed by atoms with Crippen molar-refractivity contribution in [1.29, 1.82) is 0 Å². The number of benzene rings is 2. The molecule has 2 aromatic carbocycles. The third-order valence-electron chi connectivity index (χ3n) is 3.08. The first-order chi connectivity index (χ1) is 10.7. The van der Waals surface area contributed by atoms with Gasteiger partial charge in [0.05, 0.1) is 4.90 Å². The number of alkyl halides is 2. The highest BCUT2D eigenvalue weighted by Gasteiger charge is 2.18. The number of anilines is 1. The van der Waals surface area contributed by atoms with Gasteiger partial charge in [0.25, 0.3) is 10.0 Å². The molecule has 0 spiro atoms. The van der Waals surface area contributed by atoms with Crippen LogP contribution in [0.3, 0.4) is 0 Å². The number of ether oxygens (including phenoxy) is 1. The Bertz CT molecular complexity index is 808. The molecule has 0 saturated heterocycles. The van der Waals surface area contributed by atoms with E-state index in [0.717, 1.165) is 0 Å².